The lowest BCUT2D eigenvalue weighted by molar-refractivity contribution is 0.0984. The van der Waals surface area contributed by atoms with E-state index in [1.807, 2.05) is 25.1 Å². The van der Waals surface area contributed by atoms with E-state index in [9.17, 15) is 4.79 Å². The van der Waals surface area contributed by atoms with E-state index in [2.05, 4.69) is 60.7 Å². The number of fused-ring (bicyclic) bond motifs is 1. The van der Waals surface area contributed by atoms with Crippen LogP contribution in [0.3, 0.4) is 0 Å². The number of carbonyl (C=O) groups excluding carboxylic acids is 1. The summed E-state index contributed by atoms with van der Waals surface area (Å²) >= 11 is 0. The van der Waals surface area contributed by atoms with Gasteiger partial charge in [0.05, 0.1) is 5.41 Å². The molecule has 3 aromatic carbocycles. The number of ketones is 1. The van der Waals surface area contributed by atoms with Gasteiger partial charge in [0.25, 0.3) is 0 Å². The van der Waals surface area contributed by atoms with Crippen molar-refractivity contribution in [2.75, 3.05) is 0 Å². The Morgan fingerprint density at radius 2 is 1.35 bits per heavy atom. The molecule has 112 valence electrons. The van der Waals surface area contributed by atoms with Gasteiger partial charge in [0.15, 0.2) is 5.78 Å². The molecule has 1 nitrogen and oxygen atoms in total. The molecule has 1 aliphatic carbocycles. The number of hydrogen-bond acceptors (Lipinski definition) is 1. The van der Waals surface area contributed by atoms with Crippen molar-refractivity contribution in [2.45, 2.75) is 18.8 Å². The topological polar surface area (TPSA) is 17.1 Å². The van der Waals surface area contributed by atoms with E-state index in [-0.39, 0.29) is 11.2 Å². The Kier molecular flexibility index (Phi) is 3.16. The highest BCUT2D eigenvalue weighted by molar-refractivity contribution is 6.04. The van der Waals surface area contributed by atoms with E-state index >= 15 is 0 Å². The van der Waals surface area contributed by atoms with Gasteiger partial charge in [0.1, 0.15) is 0 Å². The SMILES string of the molecule is Cc1ccc2c(c1)C(=O)CC2(c1ccccc1)c1ccccc1. The van der Waals surface area contributed by atoms with Crippen LogP contribution in [0.5, 0.6) is 0 Å². The van der Waals surface area contributed by atoms with E-state index in [0.717, 1.165) is 16.7 Å². The highest BCUT2D eigenvalue weighted by Crippen LogP contribution is 2.48. The molecule has 0 heterocycles. The lowest BCUT2D eigenvalue weighted by Crippen LogP contribution is -2.26. The molecule has 3 aromatic rings. The zero-order valence-corrected chi connectivity index (χ0v) is 13.1. The number of benzene rings is 3. The maximum atomic E-state index is 12.8. The van der Waals surface area contributed by atoms with Crippen LogP contribution in [0.4, 0.5) is 0 Å². The summed E-state index contributed by atoms with van der Waals surface area (Å²) in [7, 11) is 0. The number of Topliss-reactive ketones (excluding diaryl/α,β-unsaturated/α-hetero) is 1. The lowest BCUT2D eigenvalue weighted by atomic mass is 9.70. The number of carbonyl (C=O) groups is 1. The largest absolute Gasteiger partial charge is 0.294 e. The summed E-state index contributed by atoms with van der Waals surface area (Å²) in [4.78, 5) is 12.8. The minimum Gasteiger partial charge on any atom is -0.294 e. The van der Waals surface area contributed by atoms with Gasteiger partial charge in [-0.3, -0.25) is 4.79 Å². The summed E-state index contributed by atoms with van der Waals surface area (Å²) in [6, 6.07) is 27.1. The van der Waals surface area contributed by atoms with Crippen LogP contribution in [0.25, 0.3) is 0 Å². The van der Waals surface area contributed by atoms with Crippen LogP contribution in [-0.4, -0.2) is 5.78 Å². The predicted molar refractivity (Wildman–Crippen MR) is 92.9 cm³/mol. The van der Waals surface area contributed by atoms with Crippen molar-refractivity contribution < 1.29 is 4.79 Å². The zero-order valence-electron chi connectivity index (χ0n) is 13.1. The van der Waals surface area contributed by atoms with Crippen LogP contribution in [0.2, 0.25) is 0 Å². The van der Waals surface area contributed by atoms with Gasteiger partial charge in [-0.25, -0.2) is 0 Å². The highest BCUT2D eigenvalue weighted by atomic mass is 16.1. The first-order chi connectivity index (χ1) is 11.2. The van der Waals surface area contributed by atoms with Crippen LogP contribution in [-0.2, 0) is 5.41 Å². The summed E-state index contributed by atoms with van der Waals surface area (Å²) in [6.45, 7) is 2.04. The predicted octanol–water partition coefficient (Wildman–Crippen LogP) is 4.92. The molecule has 0 bridgehead atoms. The van der Waals surface area contributed by atoms with Crippen molar-refractivity contribution in [3.8, 4) is 0 Å². The Morgan fingerprint density at radius 1 is 0.783 bits per heavy atom. The van der Waals surface area contributed by atoms with Gasteiger partial charge in [0, 0.05) is 12.0 Å². The molecule has 0 atom stereocenters. The van der Waals surface area contributed by atoms with Crippen LogP contribution >= 0.6 is 0 Å². The Morgan fingerprint density at radius 3 is 1.91 bits per heavy atom. The summed E-state index contributed by atoms with van der Waals surface area (Å²) < 4.78 is 0. The van der Waals surface area contributed by atoms with Crippen molar-refractivity contribution in [3.05, 3.63) is 107 Å². The van der Waals surface area contributed by atoms with Crippen molar-refractivity contribution >= 4 is 5.78 Å². The van der Waals surface area contributed by atoms with E-state index in [1.54, 1.807) is 0 Å². The van der Waals surface area contributed by atoms with Crippen molar-refractivity contribution in [3.63, 3.8) is 0 Å². The Bertz CT molecular complexity index is 823. The Balaban J connectivity index is 2.06. The van der Waals surface area contributed by atoms with Crippen molar-refractivity contribution in [2.24, 2.45) is 0 Å². The third-order valence-electron chi connectivity index (χ3n) is 4.89. The third-order valence-corrected chi connectivity index (χ3v) is 4.89. The zero-order chi connectivity index (χ0) is 15.9. The molecule has 4 rings (SSSR count). The standard InChI is InChI=1S/C22H18O/c1-16-12-13-20-19(14-16)21(23)15-22(20,17-8-4-2-5-9-17)18-10-6-3-7-11-18/h2-14H,15H2,1H3. The van der Waals surface area contributed by atoms with Crippen LogP contribution in [0.1, 0.15) is 39.0 Å². The maximum Gasteiger partial charge on any atom is 0.164 e. The normalized spacial score (nSPS) is 15.4. The Labute approximate surface area is 136 Å². The Hall–Kier alpha value is -2.67. The summed E-state index contributed by atoms with van der Waals surface area (Å²) in [6.07, 6.45) is 0.500. The van der Waals surface area contributed by atoms with Crippen molar-refractivity contribution in [1.82, 2.24) is 0 Å². The molecule has 0 aliphatic heterocycles. The van der Waals surface area contributed by atoms with E-state index in [1.165, 1.54) is 11.1 Å². The average Bonchev–Trinajstić information content (AvgIpc) is 2.90. The molecule has 0 N–H and O–H groups in total. The molecule has 1 aliphatic rings. The summed E-state index contributed by atoms with van der Waals surface area (Å²) in [5.41, 5.74) is 5.13. The van der Waals surface area contributed by atoms with Gasteiger partial charge in [-0.15, -0.1) is 0 Å². The van der Waals surface area contributed by atoms with E-state index in [4.69, 9.17) is 0 Å². The van der Waals surface area contributed by atoms with E-state index in [0.29, 0.717) is 6.42 Å². The molecule has 0 saturated carbocycles. The molecule has 23 heavy (non-hydrogen) atoms. The fourth-order valence-corrected chi connectivity index (χ4v) is 3.82. The molecular formula is C22H18O. The van der Waals surface area contributed by atoms with Crippen LogP contribution in [0.15, 0.2) is 78.9 Å². The second-order valence-electron chi connectivity index (χ2n) is 6.29. The molecule has 0 saturated heterocycles. The van der Waals surface area contributed by atoms with Gasteiger partial charge in [-0.05, 0) is 29.7 Å². The van der Waals surface area contributed by atoms with E-state index < -0.39 is 0 Å². The third kappa shape index (κ3) is 2.04. The number of hydrogen-bond donors (Lipinski definition) is 0. The quantitative estimate of drug-likeness (QED) is 0.656. The molecule has 0 amide bonds. The first-order valence-electron chi connectivity index (χ1n) is 7.97. The second kappa shape index (κ2) is 5.20. The molecule has 0 fully saturated rings. The average molecular weight is 298 g/mol. The second-order valence-corrected chi connectivity index (χ2v) is 6.29. The van der Waals surface area contributed by atoms with Gasteiger partial charge in [0.2, 0.25) is 0 Å². The number of rotatable bonds is 2. The first kappa shape index (κ1) is 14.0. The first-order valence-corrected chi connectivity index (χ1v) is 7.97. The molecule has 0 radical (unpaired) electrons. The smallest absolute Gasteiger partial charge is 0.164 e. The van der Waals surface area contributed by atoms with Gasteiger partial charge < -0.3 is 0 Å². The van der Waals surface area contributed by atoms with Gasteiger partial charge in [-0.1, -0.05) is 78.4 Å². The minimum absolute atomic E-state index is 0.233. The monoisotopic (exact) mass is 298 g/mol. The fourth-order valence-electron chi connectivity index (χ4n) is 3.82. The fraction of sp³-hybridized carbons (Fsp3) is 0.136. The molecule has 0 aromatic heterocycles. The minimum atomic E-state index is -0.372. The molecule has 0 spiro atoms. The molecular weight excluding hydrogens is 280 g/mol. The van der Waals surface area contributed by atoms with Crippen molar-refractivity contribution in [1.29, 1.82) is 0 Å². The summed E-state index contributed by atoms with van der Waals surface area (Å²) in [5, 5.41) is 0. The van der Waals surface area contributed by atoms with Crippen LogP contribution < -0.4 is 0 Å². The lowest BCUT2D eigenvalue weighted by Gasteiger charge is -2.31. The molecule has 0 unspecified atom stereocenters. The van der Waals surface area contributed by atoms with Gasteiger partial charge in [-0.2, -0.15) is 0 Å². The number of aryl methyl sites for hydroxylation is 1. The summed E-state index contributed by atoms with van der Waals surface area (Å²) in [5.74, 6) is 0.233. The molecule has 1 heteroatoms. The highest BCUT2D eigenvalue weighted by Gasteiger charge is 2.45. The van der Waals surface area contributed by atoms with Gasteiger partial charge >= 0.3 is 0 Å². The maximum absolute atomic E-state index is 12.8. The van der Waals surface area contributed by atoms with Crippen LogP contribution in [0, 0.1) is 6.92 Å².